The van der Waals surface area contributed by atoms with Crippen LogP contribution < -0.4 is 15.6 Å². The van der Waals surface area contributed by atoms with E-state index < -0.39 is 21.8 Å². The summed E-state index contributed by atoms with van der Waals surface area (Å²) < 4.78 is 27.6. The van der Waals surface area contributed by atoms with E-state index in [1.165, 1.54) is 35.6 Å². The first-order chi connectivity index (χ1) is 15.9. The molecule has 2 amide bonds. The largest absolute Gasteiger partial charge is 0.287 e. The van der Waals surface area contributed by atoms with Crippen molar-refractivity contribution in [2.24, 2.45) is 0 Å². The summed E-state index contributed by atoms with van der Waals surface area (Å²) in [5.74, 6) is -1.26. The summed E-state index contributed by atoms with van der Waals surface area (Å²) in [7, 11) is -3.81. The van der Waals surface area contributed by atoms with Gasteiger partial charge in [0.05, 0.1) is 10.6 Å². The summed E-state index contributed by atoms with van der Waals surface area (Å²) >= 11 is 1.44. The van der Waals surface area contributed by atoms with Gasteiger partial charge in [-0.2, -0.15) is 5.10 Å². The van der Waals surface area contributed by atoms with Crippen LogP contribution in [0, 0.1) is 0 Å². The molecule has 0 unspecified atom stereocenters. The van der Waals surface area contributed by atoms with Crippen molar-refractivity contribution in [2.45, 2.75) is 11.4 Å². The van der Waals surface area contributed by atoms with Crippen molar-refractivity contribution in [3.8, 4) is 11.3 Å². The van der Waals surface area contributed by atoms with Gasteiger partial charge in [0.25, 0.3) is 11.8 Å². The Hall–Kier alpha value is -3.80. The molecule has 0 aliphatic carbocycles. The number of aromatic amines is 1. The van der Waals surface area contributed by atoms with E-state index in [2.05, 4.69) is 25.8 Å². The van der Waals surface area contributed by atoms with Crippen LogP contribution in [0.4, 0.5) is 0 Å². The number of hydrogen-bond acceptors (Lipinski definition) is 6. The number of hydrogen-bond donors (Lipinski definition) is 4. The lowest BCUT2D eigenvalue weighted by Gasteiger charge is -2.09. The molecule has 9 nitrogen and oxygen atoms in total. The minimum absolute atomic E-state index is 0.0564. The third-order valence-electron chi connectivity index (χ3n) is 4.60. The SMILES string of the molecule is O=C(NNC(=O)c1cc(-c2ccccc2)n[nH]1)c1cccc(S(=O)(=O)NCc2cccs2)c1. The number of thiophene rings is 1. The minimum Gasteiger partial charge on any atom is -0.272 e. The number of rotatable bonds is 7. The topological polar surface area (TPSA) is 133 Å². The highest BCUT2D eigenvalue weighted by Gasteiger charge is 2.17. The van der Waals surface area contributed by atoms with E-state index in [1.54, 1.807) is 6.07 Å². The van der Waals surface area contributed by atoms with Gasteiger partial charge < -0.3 is 0 Å². The quantitative estimate of drug-likeness (QED) is 0.301. The van der Waals surface area contributed by atoms with Crippen LogP contribution in [0.3, 0.4) is 0 Å². The monoisotopic (exact) mass is 481 g/mol. The predicted octanol–water partition coefficient (Wildman–Crippen LogP) is 2.69. The predicted molar refractivity (Wildman–Crippen MR) is 124 cm³/mol. The Kier molecular flexibility index (Phi) is 6.63. The maximum atomic E-state index is 12.6. The summed E-state index contributed by atoms with van der Waals surface area (Å²) in [6, 6.07) is 20.0. The molecular weight excluding hydrogens is 462 g/mol. The van der Waals surface area contributed by atoms with E-state index >= 15 is 0 Å². The molecule has 0 fully saturated rings. The average molecular weight is 482 g/mol. The lowest BCUT2D eigenvalue weighted by atomic mass is 10.1. The molecule has 0 aliphatic rings. The first-order valence-corrected chi connectivity index (χ1v) is 12.1. The molecule has 4 aromatic rings. The lowest BCUT2D eigenvalue weighted by molar-refractivity contribution is 0.0844. The highest BCUT2D eigenvalue weighted by molar-refractivity contribution is 7.89. The van der Waals surface area contributed by atoms with Gasteiger partial charge in [0, 0.05) is 22.5 Å². The van der Waals surface area contributed by atoms with Crippen molar-refractivity contribution < 1.29 is 18.0 Å². The smallest absolute Gasteiger partial charge is 0.272 e. The first kappa shape index (κ1) is 22.4. The fourth-order valence-corrected chi connectivity index (χ4v) is 4.70. The molecule has 0 saturated carbocycles. The Labute approximate surface area is 193 Å². The molecule has 4 N–H and O–H groups in total. The maximum Gasteiger partial charge on any atom is 0.287 e. The number of nitrogens with one attached hydrogen (secondary N) is 4. The summed E-state index contributed by atoms with van der Waals surface area (Å²) in [6.07, 6.45) is 0. The second-order valence-electron chi connectivity index (χ2n) is 6.87. The van der Waals surface area contributed by atoms with Gasteiger partial charge in [0.1, 0.15) is 5.69 Å². The second kappa shape index (κ2) is 9.77. The minimum atomic E-state index is -3.81. The number of sulfonamides is 1. The van der Waals surface area contributed by atoms with E-state index in [0.717, 1.165) is 10.4 Å². The van der Waals surface area contributed by atoms with Crippen LogP contribution in [0.2, 0.25) is 0 Å². The van der Waals surface area contributed by atoms with Crippen LogP contribution in [0.15, 0.2) is 83.1 Å². The molecule has 4 rings (SSSR count). The van der Waals surface area contributed by atoms with Gasteiger partial charge in [-0.1, -0.05) is 42.5 Å². The Balaban J connectivity index is 1.38. The third kappa shape index (κ3) is 5.52. The number of carbonyl (C=O) groups excluding carboxylic acids is 2. The van der Waals surface area contributed by atoms with E-state index in [4.69, 9.17) is 0 Å². The third-order valence-corrected chi connectivity index (χ3v) is 6.88. The Morgan fingerprint density at radius 3 is 2.45 bits per heavy atom. The van der Waals surface area contributed by atoms with Gasteiger partial charge in [-0.05, 0) is 35.7 Å². The summed E-state index contributed by atoms with van der Waals surface area (Å²) in [6.45, 7) is 0.154. The standard InChI is InChI=1S/C22H19N5O4S2/c28-21(26-27-22(29)20-13-19(24-25-20)15-6-2-1-3-7-15)16-8-4-10-18(12-16)33(30,31)23-14-17-9-5-11-32-17/h1-13,23H,14H2,(H,24,25)(H,26,28)(H,27,29). The average Bonchev–Trinajstić information content (AvgIpc) is 3.54. The fraction of sp³-hybridized carbons (Fsp3) is 0.0455. The molecule has 168 valence electrons. The van der Waals surface area contributed by atoms with Gasteiger partial charge in [0.2, 0.25) is 10.0 Å². The fourth-order valence-electron chi connectivity index (χ4n) is 2.92. The number of amides is 2. The zero-order chi connectivity index (χ0) is 23.3. The van der Waals surface area contributed by atoms with Crippen LogP contribution in [0.5, 0.6) is 0 Å². The van der Waals surface area contributed by atoms with Gasteiger partial charge in [-0.15, -0.1) is 11.3 Å². The highest BCUT2D eigenvalue weighted by atomic mass is 32.2. The Bertz CT molecular complexity index is 1370. The van der Waals surface area contributed by atoms with Crippen molar-refractivity contribution in [1.82, 2.24) is 25.8 Å². The van der Waals surface area contributed by atoms with Crippen LogP contribution in [-0.2, 0) is 16.6 Å². The number of nitrogens with zero attached hydrogens (tertiary/aromatic N) is 1. The molecule has 0 saturated heterocycles. The summed E-state index contributed by atoms with van der Waals surface area (Å²) in [5.41, 5.74) is 6.22. The lowest BCUT2D eigenvalue weighted by Crippen LogP contribution is -2.41. The molecule has 0 spiro atoms. The van der Waals surface area contributed by atoms with Crippen molar-refractivity contribution in [3.05, 3.63) is 94.3 Å². The molecule has 0 atom stereocenters. The maximum absolute atomic E-state index is 12.6. The summed E-state index contributed by atoms with van der Waals surface area (Å²) in [4.78, 5) is 25.6. The van der Waals surface area contributed by atoms with Crippen molar-refractivity contribution in [2.75, 3.05) is 0 Å². The first-order valence-electron chi connectivity index (χ1n) is 9.76. The number of aromatic nitrogens is 2. The molecule has 33 heavy (non-hydrogen) atoms. The molecule has 11 heteroatoms. The van der Waals surface area contributed by atoms with Gasteiger partial charge in [-0.3, -0.25) is 25.5 Å². The molecular formula is C22H19N5O4S2. The van der Waals surface area contributed by atoms with Gasteiger partial charge in [0.15, 0.2) is 0 Å². The second-order valence-corrected chi connectivity index (χ2v) is 9.67. The van der Waals surface area contributed by atoms with Crippen molar-refractivity contribution >= 4 is 33.2 Å². The zero-order valence-corrected chi connectivity index (χ0v) is 18.7. The number of H-pyrrole nitrogens is 1. The van der Waals surface area contributed by atoms with Crippen LogP contribution in [0.25, 0.3) is 11.3 Å². The van der Waals surface area contributed by atoms with Crippen LogP contribution in [0.1, 0.15) is 25.7 Å². The van der Waals surface area contributed by atoms with E-state index in [1.807, 2.05) is 47.8 Å². The molecule has 2 heterocycles. The Morgan fingerprint density at radius 1 is 0.909 bits per heavy atom. The van der Waals surface area contributed by atoms with Gasteiger partial charge in [-0.25, -0.2) is 13.1 Å². The van der Waals surface area contributed by atoms with E-state index in [0.29, 0.717) is 5.69 Å². The van der Waals surface area contributed by atoms with E-state index in [9.17, 15) is 18.0 Å². The van der Waals surface area contributed by atoms with Gasteiger partial charge >= 0.3 is 0 Å². The van der Waals surface area contributed by atoms with Crippen molar-refractivity contribution in [3.63, 3.8) is 0 Å². The molecule has 2 aromatic carbocycles. The number of hydrazine groups is 1. The molecule has 0 aliphatic heterocycles. The molecule has 0 radical (unpaired) electrons. The normalized spacial score (nSPS) is 11.2. The Morgan fingerprint density at radius 2 is 1.70 bits per heavy atom. The zero-order valence-electron chi connectivity index (χ0n) is 17.1. The highest BCUT2D eigenvalue weighted by Crippen LogP contribution is 2.17. The van der Waals surface area contributed by atoms with Crippen LogP contribution >= 0.6 is 11.3 Å². The van der Waals surface area contributed by atoms with Crippen molar-refractivity contribution in [1.29, 1.82) is 0 Å². The van der Waals surface area contributed by atoms with Crippen LogP contribution in [-0.4, -0.2) is 30.4 Å². The number of benzene rings is 2. The molecule has 2 aromatic heterocycles. The summed E-state index contributed by atoms with van der Waals surface area (Å²) in [5, 5.41) is 8.57. The number of carbonyl (C=O) groups is 2. The molecule has 0 bridgehead atoms. The van der Waals surface area contributed by atoms with E-state index in [-0.39, 0.29) is 22.7 Å².